The molecule has 0 spiro atoms. The van der Waals surface area contributed by atoms with E-state index in [0.717, 1.165) is 28.5 Å². The normalized spacial score (nSPS) is 16.1. The number of methoxy groups -OCH3 is 2. The van der Waals surface area contributed by atoms with Crippen LogP contribution in [-0.2, 0) is 45.0 Å². The monoisotopic (exact) mass is 1080 g/mol. The first kappa shape index (κ1) is 58.9. The number of anilines is 1. The second-order valence-corrected chi connectivity index (χ2v) is 21.8. The van der Waals surface area contributed by atoms with Crippen molar-refractivity contribution in [2.75, 3.05) is 51.8 Å². The number of nitriles is 1. The van der Waals surface area contributed by atoms with Gasteiger partial charge < -0.3 is 43.4 Å². The predicted octanol–water partition coefficient (Wildman–Crippen LogP) is 7.24. The van der Waals surface area contributed by atoms with E-state index < -0.39 is 60.8 Å². The first-order chi connectivity index (χ1) is 36.3. The number of nitrogens with one attached hydrogen (secondary N) is 3. The van der Waals surface area contributed by atoms with Gasteiger partial charge in [0.15, 0.2) is 0 Å². The number of carbonyl (C=O) groups is 2. The summed E-state index contributed by atoms with van der Waals surface area (Å²) < 4.78 is 48.4. The summed E-state index contributed by atoms with van der Waals surface area (Å²) in [5.74, 6) is 0.422. The molecule has 2 aromatic heterocycles. The molecule has 1 saturated heterocycles. The van der Waals surface area contributed by atoms with Gasteiger partial charge in [-0.15, -0.1) is 0 Å². The average Bonchev–Trinajstić information content (AvgIpc) is 3.79. The lowest BCUT2D eigenvalue weighted by molar-refractivity contribution is -0.150. The number of hydrogen-bond donors (Lipinski definition) is 3. The van der Waals surface area contributed by atoms with Crippen molar-refractivity contribution in [2.45, 2.75) is 116 Å². The number of aromatic amines is 1. The van der Waals surface area contributed by atoms with Crippen LogP contribution in [0, 0.1) is 23.7 Å². The minimum Gasteiger partial charge on any atom is -0.497 e. The molecule has 20 nitrogen and oxygen atoms in total. The van der Waals surface area contributed by atoms with E-state index in [1.807, 2.05) is 107 Å². The Morgan fingerprint density at radius 2 is 1.54 bits per heavy atom. The second-order valence-electron chi connectivity index (χ2n) is 19.4. The van der Waals surface area contributed by atoms with Gasteiger partial charge >= 0.3 is 17.3 Å². The highest BCUT2D eigenvalue weighted by Crippen LogP contribution is 2.51. The van der Waals surface area contributed by atoms with Gasteiger partial charge in [0, 0.05) is 44.0 Å². The molecular formula is C54H69N8O12PS. The topological polar surface area (TPSA) is 240 Å². The highest BCUT2D eigenvalue weighted by atomic mass is 32.2. The van der Waals surface area contributed by atoms with Gasteiger partial charge in [0.2, 0.25) is 5.91 Å². The SMILES string of the molecule is COc1ccc(C(OC[C@H]2O[C@@H](n3cc(NCCNC(=O)Cn4cc(C)c(SCOC(=O)C(C)(C)C)nc4=O)c(=O)[nH]c3=O)C[C@@H]2OP(OCCC#N)N(C(C)C)C(C)C)(c2ccccc2)c2ccc(OC)cc2)cc1. The Kier molecular flexibility index (Phi) is 21.0. The lowest BCUT2D eigenvalue weighted by atomic mass is 9.80. The van der Waals surface area contributed by atoms with Gasteiger partial charge in [-0.05, 0) is 102 Å². The molecule has 76 heavy (non-hydrogen) atoms. The van der Waals surface area contributed by atoms with Crippen LogP contribution in [0.2, 0.25) is 0 Å². The highest BCUT2D eigenvalue weighted by Gasteiger charge is 2.45. The molecule has 1 fully saturated rings. The van der Waals surface area contributed by atoms with Crippen LogP contribution >= 0.6 is 20.3 Å². The number of benzene rings is 3. The summed E-state index contributed by atoms with van der Waals surface area (Å²) in [5.41, 5.74) is -0.947. The van der Waals surface area contributed by atoms with Gasteiger partial charge in [-0.25, -0.2) is 14.3 Å². The maximum Gasteiger partial charge on any atom is 0.349 e. The van der Waals surface area contributed by atoms with Gasteiger partial charge in [-0.2, -0.15) is 10.2 Å². The van der Waals surface area contributed by atoms with E-state index >= 15 is 0 Å². The van der Waals surface area contributed by atoms with Crippen LogP contribution in [0.15, 0.2) is 111 Å². The summed E-state index contributed by atoms with van der Waals surface area (Å²) >= 11 is 1.10. The molecule has 0 aliphatic carbocycles. The van der Waals surface area contributed by atoms with E-state index in [2.05, 4.69) is 31.3 Å². The van der Waals surface area contributed by atoms with Crippen LogP contribution in [0.5, 0.6) is 11.5 Å². The average molecular weight is 1090 g/mol. The molecule has 1 amide bonds. The molecule has 5 aromatic rings. The molecular weight excluding hydrogens is 1020 g/mol. The standard InChI is InChI=1S/C54H69N8O12PS/c1-35(2)62(36(3)4)75(72-28-14-25-55)74-44-29-47(73-45(44)33-71-54(38-15-12-11-13-16-38,39-17-21-41(68-9)22-18-39)40-19-23-42(69-10)24-20-40)61-31-43(48(64)58-52(61)67)56-26-27-57-46(63)32-60-30-37(5)49(59-51(60)66)76-34-70-50(65)53(6,7)8/h11-13,15-24,30-31,35-36,44-45,47,56H,14,26-29,32-34H2,1-10H3,(H,57,63)(H,58,64,67)/t44-,45+,47+,75?/m0/s1. The van der Waals surface area contributed by atoms with E-state index in [0.29, 0.717) is 22.1 Å². The maximum atomic E-state index is 13.8. The van der Waals surface area contributed by atoms with Gasteiger partial charge in [0.1, 0.15) is 52.6 Å². The number of esters is 1. The second kappa shape index (κ2) is 27.1. The van der Waals surface area contributed by atoms with Crippen LogP contribution in [-0.4, -0.2) is 106 Å². The Hall–Kier alpha value is -6.37. The van der Waals surface area contributed by atoms with Crippen molar-refractivity contribution in [2.24, 2.45) is 5.41 Å². The van der Waals surface area contributed by atoms with E-state index in [4.69, 9.17) is 32.7 Å². The highest BCUT2D eigenvalue weighted by molar-refractivity contribution is 7.99. The van der Waals surface area contributed by atoms with Crippen molar-refractivity contribution in [3.63, 3.8) is 0 Å². The van der Waals surface area contributed by atoms with Crippen molar-refractivity contribution in [3.8, 4) is 17.6 Å². The summed E-state index contributed by atoms with van der Waals surface area (Å²) in [5, 5.41) is 15.6. The molecule has 1 aliphatic rings. The van der Waals surface area contributed by atoms with E-state index in [1.54, 1.807) is 41.9 Å². The third-order valence-electron chi connectivity index (χ3n) is 12.2. The zero-order chi connectivity index (χ0) is 55.2. The van der Waals surface area contributed by atoms with E-state index in [-0.39, 0.29) is 75.4 Å². The molecule has 3 heterocycles. The number of aromatic nitrogens is 4. The van der Waals surface area contributed by atoms with E-state index in [1.165, 1.54) is 21.5 Å². The lowest BCUT2D eigenvalue weighted by Crippen LogP contribution is -2.39. The minimum absolute atomic E-state index is 0.0176. The number of thioether (sulfide) groups is 1. The van der Waals surface area contributed by atoms with Gasteiger partial charge in [0.05, 0.1) is 51.4 Å². The van der Waals surface area contributed by atoms with E-state index in [9.17, 15) is 29.2 Å². The number of aryl methyl sites for hydroxylation is 1. The van der Waals surface area contributed by atoms with Crippen LogP contribution in [0.1, 0.15) is 89.8 Å². The van der Waals surface area contributed by atoms with Crippen molar-refractivity contribution in [1.82, 2.24) is 29.1 Å². The molecule has 0 bridgehead atoms. The zero-order valence-electron chi connectivity index (χ0n) is 44.7. The lowest BCUT2D eigenvalue weighted by Gasteiger charge is -2.39. The first-order valence-corrected chi connectivity index (χ1v) is 27.0. The Morgan fingerprint density at radius 1 is 0.921 bits per heavy atom. The summed E-state index contributed by atoms with van der Waals surface area (Å²) in [6.07, 6.45) is 0.594. The van der Waals surface area contributed by atoms with Crippen molar-refractivity contribution in [3.05, 3.63) is 145 Å². The van der Waals surface area contributed by atoms with Crippen LogP contribution in [0.4, 0.5) is 5.69 Å². The molecule has 6 rings (SSSR count). The van der Waals surface area contributed by atoms with Crippen molar-refractivity contribution >= 4 is 37.9 Å². The summed E-state index contributed by atoms with van der Waals surface area (Å²) in [6.45, 7) is 15.0. The number of hydrogen-bond acceptors (Lipinski definition) is 17. The van der Waals surface area contributed by atoms with Crippen LogP contribution in [0.25, 0.3) is 0 Å². The third-order valence-corrected chi connectivity index (χ3v) is 15.3. The van der Waals surface area contributed by atoms with Crippen molar-refractivity contribution < 1.29 is 42.3 Å². The Bertz CT molecular complexity index is 2890. The number of amides is 1. The number of nitrogens with zero attached hydrogens (tertiary/aromatic N) is 5. The number of rotatable bonds is 26. The molecule has 408 valence electrons. The molecule has 0 saturated carbocycles. The minimum atomic E-state index is -1.80. The number of carbonyl (C=O) groups excluding carboxylic acids is 2. The number of ether oxygens (including phenoxy) is 5. The molecule has 3 aromatic carbocycles. The maximum absolute atomic E-state index is 13.8. The Labute approximate surface area is 448 Å². The fraction of sp³-hybridized carbons (Fsp3) is 0.463. The Balaban J connectivity index is 1.25. The molecule has 0 radical (unpaired) electrons. The van der Waals surface area contributed by atoms with Crippen LogP contribution < -0.4 is 37.0 Å². The summed E-state index contributed by atoms with van der Waals surface area (Å²) in [4.78, 5) is 71.5. The number of H-pyrrole nitrogens is 1. The quantitative estimate of drug-likeness (QED) is 0.00940. The molecule has 4 atom stereocenters. The van der Waals surface area contributed by atoms with Gasteiger partial charge in [-0.1, -0.05) is 66.4 Å². The molecule has 1 aliphatic heterocycles. The largest absolute Gasteiger partial charge is 0.497 e. The zero-order valence-corrected chi connectivity index (χ0v) is 46.4. The fourth-order valence-electron chi connectivity index (χ4n) is 8.46. The van der Waals surface area contributed by atoms with Gasteiger partial charge in [-0.3, -0.25) is 28.5 Å². The molecule has 3 N–H and O–H groups in total. The van der Waals surface area contributed by atoms with Crippen LogP contribution in [0.3, 0.4) is 0 Å². The molecule has 22 heteroatoms. The smallest absolute Gasteiger partial charge is 0.349 e. The third kappa shape index (κ3) is 15.0. The summed E-state index contributed by atoms with van der Waals surface area (Å²) in [6, 6.07) is 27.2. The fourth-order valence-corrected chi connectivity index (χ4v) is 10.9. The predicted molar refractivity (Wildman–Crippen MR) is 289 cm³/mol. The van der Waals surface area contributed by atoms with Crippen molar-refractivity contribution in [1.29, 1.82) is 5.26 Å². The Morgan fingerprint density at radius 3 is 2.12 bits per heavy atom. The molecule has 1 unspecified atom stereocenters. The first-order valence-electron chi connectivity index (χ1n) is 24.9. The van der Waals surface area contributed by atoms with Gasteiger partial charge in [0.25, 0.3) is 14.1 Å². The summed E-state index contributed by atoms with van der Waals surface area (Å²) in [7, 11) is 1.41.